The van der Waals surface area contributed by atoms with Gasteiger partial charge in [0, 0.05) is 12.1 Å². The van der Waals surface area contributed by atoms with Crippen LogP contribution in [0.15, 0.2) is 18.2 Å². The molecule has 3 N–H and O–H groups in total. The Hall–Kier alpha value is -1.75. The van der Waals surface area contributed by atoms with E-state index in [0.717, 1.165) is 19.3 Å². The molecule has 104 valence electrons. The zero-order chi connectivity index (χ0) is 13.9. The number of rotatable bonds is 5. The summed E-state index contributed by atoms with van der Waals surface area (Å²) in [5.74, 6) is 0.777. The molecule has 1 aromatic carbocycles. The van der Waals surface area contributed by atoms with Crippen molar-refractivity contribution in [1.29, 1.82) is 0 Å². The van der Waals surface area contributed by atoms with Gasteiger partial charge >= 0.3 is 0 Å². The summed E-state index contributed by atoms with van der Waals surface area (Å²) in [6.45, 7) is 0.479. The van der Waals surface area contributed by atoms with E-state index in [1.165, 1.54) is 14.2 Å². The van der Waals surface area contributed by atoms with Gasteiger partial charge in [0.25, 0.3) is 5.91 Å². The van der Waals surface area contributed by atoms with Crippen molar-refractivity contribution in [3.05, 3.63) is 23.8 Å². The summed E-state index contributed by atoms with van der Waals surface area (Å²) in [7, 11) is 3.06. The SMILES string of the molecule is COc1cccc(OC)c1C(=O)NCC1(N)CCC1. The van der Waals surface area contributed by atoms with E-state index < -0.39 is 0 Å². The maximum absolute atomic E-state index is 12.3. The van der Waals surface area contributed by atoms with Gasteiger partial charge in [-0.25, -0.2) is 0 Å². The first-order chi connectivity index (χ1) is 9.09. The van der Waals surface area contributed by atoms with E-state index in [-0.39, 0.29) is 11.4 Å². The molecule has 0 bridgehead atoms. The fourth-order valence-corrected chi connectivity index (χ4v) is 2.23. The molecule has 0 aromatic heterocycles. The van der Waals surface area contributed by atoms with Crippen LogP contribution in [0.5, 0.6) is 11.5 Å². The second kappa shape index (κ2) is 5.48. The van der Waals surface area contributed by atoms with Gasteiger partial charge in [-0.1, -0.05) is 6.07 Å². The highest BCUT2D eigenvalue weighted by Crippen LogP contribution is 2.30. The normalized spacial score (nSPS) is 16.4. The van der Waals surface area contributed by atoms with Crippen LogP contribution in [0.4, 0.5) is 0 Å². The number of hydrogen-bond donors (Lipinski definition) is 2. The third kappa shape index (κ3) is 2.81. The third-order valence-corrected chi connectivity index (χ3v) is 3.61. The molecule has 0 saturated heterocycles. The molecule has 2 rings (SSSR count). The molecule has 0 spiro atoms. The number of amides is 1. The van der Waals surface area contributed by atoms with Gasteiger partial charge in [0.05, 0.1) is 14.2 Å². The molecule has 5 heteroatoms. The molecule has 1 saturated carbocycles. The second-order valence-electron chi connectivity index (χ2n) is 4.94. The summed E-state index contributed by atoms with van der Waals surface area (Å²) in [6, 6.07) is 5.25. The van der Waals surface area contributed by atoms with E-state index in [9.17, 15) is 4.79 Å². The Kier molecular flexibility index (Phi) is 3.95. The van der Waals surface area contributed by atoms with Crippen molar-refractivity contribution in [3.8, 4) is 11.5 Å². The fourth-order valence-electron chi connectivity index (χ4n) is 2.23. The second-order valence-corrected chi connectivity index (χ2v) is 4.94. The molecule has 1 aliphatic rings. The van der Waals surface area contributed by atoms with Crippen LogP contribution in [0.2, 0.25) is 0 Å². The van der Waals surface area contributed by atoms with Crippen molar-refractivity contribution < 1.29 is 14.3 Å². The molecule has 5 nitrogen and oxygen atoms in total. The lowest BCUT2D eigenvalue weighted by molar-refractivity contribution is 0.0923. The van der Waals surface area contributed by atoms with Gasteiger partial charge in [-0.05, 0) is 31.4 Å². The van der Waals surface area contributed by atoms with Crippen LogP contribution in [-0.4, -0.2) is 32.2 Å². The Morgan fingerprint density at radius 1 is 1.32 bits per heavy atom. The number of carbonyl (C=O) groups is 1. The maximum atomic E-state index is 12.3. The van der Waals surface area contributed by atoms with Gasteiger partial charge in [0.2, 0.25) is 0 Å². The number of nitrogens with one attached hydrogen (secondary N) is 1. The summed E-state index contributed by atoms with van der Waals surface area (Å²) < 4.78 is 10.4. The van der Waals surface area contributed by atoms with Crippen molar-refractivity contribution in [1.82, 2.24) is 5.32 Å². The zero-order valence-corrected chi connectivity index (χ0v) is 11.4. The molecule has 1 fully saturated rings. The molecular formula is C14H20N2O3. The maximum Gasteiger partial charge on any atom is 0.258 e. The van der Waals surface area contributed by atoms with Crippen molar-refractivity contribution in [3.63, 3.8) is 0 Å². The van der Waals surface area contributed by atoms with E-state index in [1.54, 1.807) is 18.2 Å². The first-order valence-electron chi connectivity index (χ1n) is 6.38. The van der Waals surface area contributed by atoms with Crippen molar-refractivity contribution in [2.24, 2.45) is 5.73 Å². The minimum Gasteiger partial charge on any atom is -0.496 e. The molecule has 0 heterocycles. The highest BCUT2D eigenvalue weighted by molar-refractivity contribution is 5.99. The molecule has 0 aliphatic heterocycles. The van der Waals surface area contributed by atoms with E-state index in [4.69, 9.17) is 15.2 Å². The van der Waals surface area contributed by atoms with Crippen LogP contribution in [0.1, 0.15) is 29.6 Å². The molecule has 19 heavy (non-hydrogen) atoms. The van der Waals surface area contributed by atoms with Gasteiger partial charge in [-0.2, -0.15) is 0 Å². The number of hydrogen-bond acceptors (Lipinski definition) is 4. The number of carbonyl (C=O) groups excluding carboxylic acids is 1. The summed E-state index contributed by atoms with van der Waals surface area (Å²) in [6.07, 6.45) is 3.04. The molecule has 1 aliphatic carbocycles. The summed E-state index contributed by atoms with van der Waals surface area (Å²) >= 11 is 0. The third-order valence-electron chi connectivity index (χ3n) is 3.61. The highest BCUT2D eigenvalue weighted by atomic mass is 16.5. The van der Waals surface area contributed by atoms with Crippen LogP contribution in [0.25, 0.3) is 0 Å². The van der Waals surface area contributed by atoms with Gasteiger partial charge in [0.1, 0.15) is 17.1 Å². The first-order valence-corrected chi connectivity index (χ1v) is 6.38. The Labute approximate surface area is 113 Å². The van der Waals surface area contributed by atoms with E-state index in [1.807, 2.05) is 0 Å². The summed E-state index contributed by atoms with van der Waals surface area (Å²) in [5.41, 5.74) is 6.26. The predicted molar refractivity (Wildman–Crippen MR) is 72.6 cm³/mol. The molecule has 0 atom stereocenters. The molecule has 1 amide bonds. The fraction of sp³-hybridized carbons (Fsp3) is 0.500. The Balaban J connectivity index is 2.13. The smallest absolute Gasteiger partial charge is 0.258 e. The number of nitrogens with two attached hydrogens (primary N) is 1. The Bertz CT molecular complexity index is 448. The minimum atomic E-state index is -0.245. The minimum absolute atomic E-state index is 0.217. The van der Waals surface area contributed by atoms with Gasteiger partial charge in [-0.15, -0.1) is 0 Å². The Morgan fingerprint density at radius 3 is 2.32 bits per heavy atom. The summed E-state index contributed by atoms with van der Waals surface area (Å²) in [5, 5.41) is 2.87. The van der Waals surface area contributed by atoms with Crippen molar-refractivity contribution in [2.75, 3.05) is 20.8 Å². The standard InChI is InChI=1S/C14H20N2O3/c1-18-10-5-3-6-11(19-2)12(10)13(17)16-9-14(15)7-4-8-14/h3,5-6H,4,7-9,15H2,1-2H3,(H,16,17). The van der Waals surface area contributed by atoms with Crippen LogP contribution >= 0.6 is 0 Å². The Morgan fingerprint density at radius 2 is 1.89 bits per heavy atom. The number of ether oxygens (including phenoxy) is 2. The van der Waals surface area contributed by atoms with Crippen molar-refractivity contribution >= 4 is 5.91 Å². The van der Waals surface area contributed by atoms with E-state index in [2.05, 4.69) is 5.32 Å². The average Bonchev–Trinajstić information content (AvgIpc) is 2.41. The predicted octanol–water partition coefficient (Wildman–Crippen LogP) is 1.31. The number of methoxy groups -OCH3 is 2. The van der Waals surface area contributed by atoms with Crippen LogP contribution in [0, 0.1) is 0 Å². The zero-order valence-electron chi connectivity index (χ0n) is 11.4. The molecule has 0 unspecified atom stereocenters. The first kappa shape index (κ1) is 13.7. The van der Waals surface area contributed by atoms with E-state index in [0.29, 0.717) is 23.6 Å². The van der Waals surface area contributed by atoms with Gasteiger partial charge in [0.15, 0.2) is 0 Å². The van der Waals surface area contributed by atoms with Crippen LogP contribution < -0.4 is 20.5 Å². The monoisotopic (exact) mass is 264 g/mol. The molecule has 0 radical (unpaired) electrons. The topological polar surface area (TPSA) is 73.6 Å². The lowest BCUT2D eigenvalue weighted by Gasteiger charge is -2.38. The van der Waals surface area contributed by atoms with Crippen LogP contribution in [0.3, 0.4) is 0 Å². The summed E-state index contributed by atoms with van der Waals surface area (Å²) in [4.78, 5) is 12.3. The van der Waals surface area contributed by atoms with Gasteiger partial charge in [-0.3, -0.25) is 4.79 Å². The lowest BCUT2D eigenvalue weighted by Crippen LogP contribution is -2.54. The number of benzene rings is 1. The van der Waals surface area contributed by atoms with E-state index >= 15 is 0 Å². The lowest BCUT2D eigenvalue weighted by atomic mass is 9.78. The quantitative estimate of drug-likeness (QED) is 0.841. The van der Waals surface area contributed by atoms with Crippen LogP contribution in [-0.2, 0) is 0 Å². The average molecular weight is 264 g/mol. The largest absolute Gasteiger partial charge is 0.496 e. The molecular weight excluding hydrogens is 244 g/mol. The van der Waals surface area contributed by atoms with Crippen molar-refractivity contribution in [2.45, 2.75) is 24.8 Å². The van der Waals surface area contributed by atoms with Gasteiger partial charge < -0.3 is 20.5 Å². The molecule has 1 aromatic rings. The highest BCUT2D eigenvalue weighted by Gasteiger charge is 2.33.